The summed E-state index contributed by atoms with van der Waals surface area (Å²) >= 11 is 0. The quantitative estimate of drug-likeness (QED) is 0.719. The van der Waals surface area contributed by atoms with Crippen LogP contribution in [0.3, 0.4) is 0 Å². The van der Waals surface area contributed by atoms with E-state index >= 15 is 0 Å². The smallest absolute Gasteiger partial charge is 0.152 e. The monoisotopic (exact) mass is 221 g/mol. The largest absolute Gasteiger partial charge is 0.497 e. The van der Waals surface area contributed by atoms with Crippen LogP contribution in [0.4, 0.5) is 5.69 Å². The van der Waals surface area contributed by atoms with Crippen LogP contribution in [0, 0.1) is 0 Å². The highest BCUT2D eigenvalue weighted by atomic mass is 16.5. The Kier molecular flexibility index (Phi) is 3.10. The van der Waals surface area contributed by atoms with Gasteiger partial charge in [0, 0.05) is 31.8 Å². The van der Waals surface area contributed by atoms with Crippen LogP contribution in [0.1, 0.15) is 10.4 Å². The topological polar surface area (TPSA) is 38.8 Å². The molecule has 4 nitrogen and oxygen atoms in total. The molecule has 0 aliphatic carbocycles. The number of carbonyl (C=O) groups excluding carboxylic acids is 1. The molecule has 0 radical (unpaired) electrons. The van der Waals surface area contributed by atoms with Crippen molar-refractivity contribution in [2.45, 2.75) is 6.10 Å². The number of methoxy groups -OCH3 is 2. The molecule has 0 atom stereocenters. The third kappa shape index (κ3) is 1.88. The summed E-state index contributed by atoms with van der Waals surface area (Å²) in [7, 11) is 3.32. The van der Waals surface area contributed by atoms with Crippen LogP contribution in [-0.2, 0) is 4.74 Å². The van der Waals surface area contributed by atoms with Crippen LogP contribution in [0.2, 0.25) is 0 Å². The standard InChI is InChI=1S/C12H15NO3/c1-15-10-4-3-9(8-14)12(5-10)13-6-11(7-13)16-2/h3-5,8,11H,6-7H2,1-2H3. The molecule has 1 aliphatic heterocycles. The van der Waals surface area contributed by atoms with Gasteiger partial charge >= 0.3 is 0 Å². The van der Waals surface area contributed by atoms with E-state index in [0.29, 0.717) is 5.56 Å². The van der Waals surface area contributed by atoms with Gasteiger partial charge in [-0.25, -0.2) is 0 Å². The van der Waals surface area contributed by atoms with Crippen molar-refractivity contribution in [2.75, 3.05) is 32.2 Å². The van der Waals surface area contributed by atoms with Crippen LogP contribution in [0.15, 0.2) is 18.2 Å². The first-order valence-corrected chi connectivity index (χ1v) is 5.19. The van der Waals surface area contributed by atoms with E-state index in [9.17, 15) is 4.79 Å². The van der Waals surface area contributed by atoms with Gasteiger partial charge in [-0.15, -0.1) is 0 Å². The van der Waals surface area contributed by atoms with Gasteiger partial charge in [0.05, 0.1) is 18.9 Å². The highest BCUT2D eigenvalue weighted by Gasteiger charge is 2.28. The lowest BCUT2D eigenvalue weighted by molar-refractivity contribution is 0.0785. The second-order valence-corrected chi connectivity index (χ2v) is 3.81. The maximum absolute atomic E-state index is 10.9. The molecule has 1 aliphatic rings. The number of hydrogen-bond donors (Lipinski definition) is 0. The lowest BCUT2D eigenvalue weighted by Crippen LogP contribution is -2.52. The predicted octanol–water partition coefficient (Wildman–Crippen LogP) is 1.34. The fourth-order valence-electron chi connectivity index (χ4n) is 1.81. The van der Waals surface area contributed by atoms with Crippen molar-refractivity contribution in [1.29, 1.82) is 0 Å². The molecule has 1 saturated heterocycles. The van der Waals surface area contributed by atoms with Gasteiger partial charge in [-0.1, -0.05) is 0 Å². The van der Waals surface area contributed by atoms with Crippen LogP contribution in [-0.4, -0.2) is 39.7 Å². The first-order valence-electron chi connectivity index (χ1n) is 5.19. The van der Waals surface area contributed by atoms with Crippen molar-refractivity contribution < 1.29 is 14.3 Å². The van der Waals surface area contributed by atoms with Crippen molar-refractivity contribution in [3.05, 3.63) is 23.8 Å². The molecule has 0 saturated carbocycles. The zero-order valence-corrected chi connectivity index (χ0v) is 9.47. The number of ether oxygens (including phenoxy) is 2. The number of rotatable bonds is 4. The summed E-state index contributed by atoms with van der Waals surface area (Å²) in [6, 6.07) is 5.46. The molecule has 1 aromatic carbocycles. The molecule has 1 aromatic rings. The molecule has 16 heavy (non-hydrogen) atoms. The Hall–Kier alpha value is -1.55. The Bertz CT molecular complexity index is 386. The molecule has 0 spiro atoms. The van der Waals surface area contributed by atoms with Crippen molar-refractivity contribution in [1.82, 2.24) is 0 Å². The van der Waals surface area contributed by atoms with Gasteiger partial charge in [-0.2, -0.15) is 0 Å². The summed E-state index contributed by atoms with van der Waals surface area (Å²) < 4.78 is 10.4. The number of benzene rings is 1. The fraction of sp³-hybridized carbons (Fsp3) is 0.417. The van der Waals surface area contributed by atoms with Gasteiger partial charge in [-0.05, 0) is 12.1 Å². The molecule has 0 bridgehead atoms. The zero-order valence-electron chi connectivity index (χ0n) is 9.47. The highest BCUT2D eigenvalue weighted by Crippen LogP contribution is 2.29. The van der Waals surface area contributed by atoms with E-state index in [0.717, 1.165) is 30.8 Å². The van der Waals surface area contributed by atoms with Crippen molar-refractivity contribution in [3.8, 4) is 5.75 Å². The minimum atomic E-state index is 0.269. The van der Waals surface area contributed by atoms with Crippen LogP contribution >= 0.6 is 0 Å². The Morgan fingerprint density at radius 3 is 2.69 bits per heavy atom. The molecule has 2 rings (SSSR count). The Morgan fingerprint density at radius 2 is 2.12 bits per heavy atom. The lowest BCUT2D eigenvalue weighted by Gasteiger charge is -2.40. The Morgan fingerprint density at radius 1 is 1.38 bits per heavy atom. The molecular formula is C12H15NO3. The Labute approximate surface area is 94.8 Å². The lowest BCUT2D eigenvalue weighted by atomic mass is 10.1. The van der Waals surface area contributed by atoms with Crippen molar-refractivity contribution in [2.24, 2.45) is 0 Å². The maximum atomic E-state index is 10.9. The van der Waals surface area contributed by atoms with Gasteiger partial charge < -0.3 is 14.4 Å². The van der Waals surface area contributed by atoms with E-state index in [2.05, 4.69) is 4.90 Å². The summed E-state index contributed by atoms with van der Waals surface area (Å²) in [5.41, 5.74) is 1.61. The highest BCUT2D eigenvalue weighted by molar-refractivity contribution is 5.85. The molecule has 1 heterocycles. The summed E-state index contributed by atoms with van der Waals surface area (Å²) in [5, 5.41) is 0. The first-order chi connectivity index (χ1) is 7.78. The van der Waals surface area contributed by atoms with Gasteiger partial charge in [0.25, 0.3) is 0 Å². The summed E-state index contributed by atoms with van der Waals surface area (Å²) in [6.07, 6.45) is 1.14. The average molecular weight is 221 g/mol. The maximum Gasteiger partial charge on any atom is 0.152 e. The summed E-state index contributed by atoms with van der Waals surface area (Å²) in [4.78, 5) is 13.0. The van der Waals surface area contributed by atoms with Crippen LogP contribution in [0.5, 0.6) is 5.75 Å². The zero-order chi connectivity index (χ0) is 11.5. The van der Waals surface area contributed by atoms with E-state index in [1.807, 2.05) is 6.07 Å². The van der Waals surface area contributed by atoms with E-state index in [1.165, 1.54) is 0 Å². The third-order valence-corrected chi connectivity index (χ3v) is 2.89. The van der Waals surface area contributed by atoms with E-state index in [-0.39, 0.29) is 6.10 Å². The SMILES string of the molecule is COc1ccc(C=O)c(N2CC(OC)C2)c1. The molecule has 0 aromatic heterocycles. The van der Waals surface area contributed by atoms with Gasteiger partial charge in [0.1, 0.15) is 5.75 Å². The molecule has 0 N–H and O–H groups in total. The summed E-state index contributed by atoms with van der Waals surface area (Å²) in [5.74, 6) is 0.765. The molecular weight excluding hydrogens is 206 g/mol. The third-order valence-electron chi connectivity index (χ3n) is 2.89. The second-order valence-electron chi connectivity index (χ2n) is 3.81. The number of hydrogen-bond acceptors (Lipinski definition) is 4. The first kappa shape index (κ1) is 11.0. The summed E-state index contributed by atoms with van der Waals surface area (Å²) in [6.45, 7) is 1.65. The van der Waals surface area contributed by atoms with Gasteiger partial charge in [0.2, 0.25) is 0 Å². The molecule has 0 unspecified atom stereocenters. The average Bonchev–Trinajstić information content (AvgIpc) is 2.27. The Balaban J connectivity index is 2.21. The predicted molar refractivity (Wildman–Crippen MR) is 61.4 cm³/mol. The normalized spacial score (nSPS) is 15.8. The molecule has 1 fully saturated rings. The fourth-order valence-corrected chi connectivity index (χ4v) is 1.81. The van der Waals surface area contributed by atoms with Crippen molar-refractivity contribution in [3.63, 3.8) is 0 Å². The van der Waals surface area contributed by atoms with Crippen LogP contribution < -0.4 is 9.64 Å². The van der Waals surface area contributed by atoms with E-state index in [1.54, 1.807) is 26.4 Å². The molecule has 0 amide bonds. The number of aldehydes is 1. The van der Waals surface area contributed by atoms with Crippen LogP contribution in [0.25, 0.3) is 0 Å². The number of anilines is 1. The molecule has 4 heteroatoms. The van der Waals surface area contributed by atoms with E-state index in [4.69, 9.17) is 9.47 Å². The second kappa shape index (κ2) is 4.53. The molecule has 86 valence electrons. The number of nitrogens with zero attached hydrogens (tertiary/aromatic N) is 1. The minimum Gasteiger partial charge on any atom is -0.497 e. The minimum absolute atomic E-state index is 0.269. The van der Waals surface area contributed by atoms with Gasteiger partial charge in [0.15, 0.2) is 6.29 Å². The van der Waals surface area contributed by atoms with E-state index < -0.39 is 0 Å². The van der Waals surface area contributed by atoms with Gasteiger partial charge in [-0.3, -0.25) is 4.79 Å². The van der Waals surface area contributed by atoms with Crippen molar-refractivity contribution >= 4 is 12.0 Å². The number of carbonyl (C=O) groups is 1.